The minimum absolute atomic E-state index is 0.205. The van der Waals surface area contributed by atoms with Crippen LogP contribution in [0.3, 0.4) is 0 Å². The highest BCUT2D eigenvalue weighted by atomic mass is 16.7. The van der Waals surface area contributed by atoms with Crippen LogP contribution in [0.1, 0.15) is 11.8 Å². The smallest absolute Gasteiger partial charge is 0.330 e. The SMILES string of the molecule is C#CCO[C@]1(CO)O[C@@H](n2cc(C)c(=O)[nH]c2=O)[C@H](O)[C@@H]1O. The summed E-state index contributed by atoms with van der Waals surface area (Å²) in [6.07, 6.45) is 1.65. The highest BCUT2D eigenvalue weighted by Gasteiger charge is 2.56. The van der Waals surface area contributed by atoms with Gasteiger partial charge in [0.2, 0.25) is 5.79 Å². The maximum absolute atomic E-state index is 11.8. The molecule has 4 atom stereocenters. The number of nitrogens with zero attached hydrogens (tertiary/aromatic N) is 1. The van der Waals surface area contributed by atoms with Crippen LogP contribution < -0.4 is 11.2 Å². The normalized spacial score (nSPS) is 31.1. The molecule has 0 bridgehead atoms. The number of hydrogen-bond donors (Lipinski definition) is 4. The first-order chi connectivity index (χ1) is 10.4. The molecule has 120 valence electrons. The van der Waals surface area contributed by atoms with Crippen molar-refractivity contribution in [1.29, 1.82) is 0 Å². The van der Waals surface area contributed by atoms with Gasteiger partial charge in [-0.25, -0.2) is 4.79 Å². The number of aromatic nitrogens is 2. The lowest BCUT2D eigenvalue weighted by Gasteiger charge is -2.28. The molecule has 0 aromatic carbocycles. The van der Waals surface area contributed by atoms with Gasteiger partial charge in [-0.05, 0) is 6.92 Å². The monoisotopic (exact) mass is 312 g/mol. The highest BCUT2D eigenvalue weighted by Crippen LogP contribution is 2.37. The lowest BCUT2D eigenvalue weighted by molar-refractivity contribution is -0.276. The third-order valence-corrected chi connectivity index (χ3v) is 3.43. The Hall–Kier alpha value is -1.96. The number of nitrogens with one attached hydrogen (secondary N) is 1. The van der Waals surface area contributed by atoms with Crippen molar-refractivity contribution >= 4 is 0 Å². The zero-order valence-electron chi connectivity index (χ0n) is 11.7. The van der Waals surface area contributed by atoms with Gasteiger partial charge in [-0.3, -0.25) is 14.3 Å². The Kier molecular flexibility index (Phi) is 4.50. The Labute approximate surface area is 124 Å². The summed E-state index contributed by atoms with van der Waals surface area (Å²) >= 11 is 0. The first-order valence-corrected chi connectivity index (χ1v) is 6.40. The summed E-state index contributed by atoms with van der Waals surface area (Å²) in [6, 6.07) is 0. The van der Waals surface area contributed by atoms with Crippen LogP contribution in [-0.2, 0) is 9.47 Å². The van der Waals surface area contributed by atoms with Crippen molar-refractivity contribution in [2.75, 3.05) is 13.2 Å². The Morgan fingerprint density at radius 1 is 1.55 bits per heavy atom. The van der Waals surface area contributed by atoms with Crippen molar-refractivity contribution in [2.24, 2.45) is 0 Å². The molecule has 1 aromatic rings. The van der Waals surface area contributed by atoms with Gasteiger partial charge in [-0.1, -0.05) is 5.92 Å². The fourth-order valence-electron chi connectivity index (χ4n) is 2.22. The summed E-state index contributed by atoms with van der Waals surface area (Å²) in [4.78, 5) is 25.3. The molecule has 0 spiro atoms. The molecule has 0 unspecified atom stereocenters. The number of ether oxygens (including phenoxy) is 2. The van der Waals surface area contributed by atoms with E-state index in [1.807, 2.05) is 0 Å². The van der Waals surface area contributed by atoms with Gasteiger partial charge < -0.3 is 24.8 Å². The lowest BCUT2D eigenvalue weighted by atomic mass is 10.1. The molecule has 4 N–H and O–H groups in total. The minimum Gasteiger partial charge on any atom is -0.391 e. The molecule has 1 aliphatic heterocycles. The second kappa shape index (κ2) is 6.04. The molecule has 1 aromatic heterocycles. The van der Waals surface area contributed by atoms with Crippen LogP contribution in [0.2, 0.25) is 0 Å². The average molecular weight is 312 g/mol. The summed E-state index contributed by atoms with van der Waals surface area (Å²) in [7, 11) is 0. The maximum atomic E-state index is 11.8. The number of H-pyrrole nitrogens is 1. The standard InChI is InChI=1S/C13H16N2O7/c1-3-4-21-13(6-16)9(18)8(17)11(22-13)15-5-7(2)10(19)14-12(15)20/h1,5,8-9,11,16-18H,4,6H2,2H3,(H,14,19,20)/t8-,9+,11-,13-/m1/s1. The number of rotatable bonds is 4. The van der Waals surface area contributed by atoms with E-state index in [0.29, 0.717) is 0 Å². The van der Waals surface area contributed by atoms with Crippen LogP contribution in [0.25, 0.3) is 0 Å². The van der Waals surface area contributed by atoms with Crippen LogP contribution >= 0.6 is 0 Å². The minimum atomic E-state index is -1.96. The third-order valence-electron chi connectivity index (χ3n) is 3.43. The maximum Gasteiger partial charge on any atom is 0.330 e. The first kappa shape index (κ1) is 16.4. The van der Waals surface area contributed by atoms with E-state index in [4.69, 9.17) is 15.9 Å². The second-order valence-electron chi connectivity index (χ2n) is 4.89. The van der Waals surface area contributed by atoms with E-state index >= 15 is 0 Å². The molecule has 22 heavy (non-hydrogen) atoms. The molecule has 0 amide bonds. The number of aromatic amines is 1. The van der Waals surface area contributed by atoms with Crippen LogP contribution in [0.4, 0.5) is 0 Å². The molecule has 9 nitrogen and oxygen atoms in total. The number of terminal acetylenes is 1. The molecule has 0 aliphatic carbocycles. The average Bonchev–Trinajstić information content (AvgIpc) is 2.74. The van der Waals surface area contributed by atoms with Gasteiger partial charge in [0.25, 0.3) is 5.56 Å². The fraction of sp³-hybridized carbons (Fsp3) is 0.538. The van der Waals surface area contributed by atoms with Crippen LogP contribution in [0.15, 0.2) is 15.8 Å². The molecule has 9 heteroatoms. The summed E-state index contributed by atoms with van der Waals surface area (Å²) in [5.41, 5.74) is -1.21. The highest BCUT2D eigenvalue weighted by molar-refractivity contribution is 5.04. The number of aliphatic hydroxyl groups is 3. The van der Waals surface area contributed by atoms with Crippen molar-refractivity contribution in [1.82, 2.24) is 9.55 Å². The molecule has 1 saturated heterocycles. The Bertz CT molecular complexity index is 704. The van der Waals surface area contributed by atoms with Gasteiger partial charge in [-0.15, -0.1) is 6.42 Å². The summed E-state index contributed by atoms with van der Waals surface area (Å²) < 4.78 is 11.4. The first-order valence-electron chi connectivity index (χ1n) is 6.40. The van der Waals surface area contributed by atoms with Gasteiger partial charge in [0.1, 0.15) is 25.4 Å². The zero-order chi connectivity index (χ0) is 16.5. The third kappa shape index (κ3) is 2.58. The number of hydrogen-bond acceptors (Lipinski definition) is 7. The van der Waals surface area contributed by atoms with Crippen LogP contribution in [0, 0.1) is 19.3 Å². The molecule has 2 heterocycles. The van der Waals surface area contributed by atoms with E-state index in [0.717, 1.165) is 4.57 Å². The quantitative estimate of drug-likeness (QED) is 0.449. The molecule has 2 rings (SSSR count). The summed E-state index contributed by atoms with van der Waals surface area (Å²) in [5.74, 6) is 0.191. The molecule has 0 radical (unpaired) electrons. The van der Waals surface area contributed by atoms with Gasteiger partial charge in [0.05, 0.1) is 0 Å². The zero-order valence-corrected chi connectivity index (χ0v) is 11.7. The molecular weight excluding hydrogens is 296 g/mol. The number of aliphatic hydroxyl groups excluding tert-OH is 3. The number of aryl methyl sites for hydroxylation is 1. The second-order valence-corrected chi connectivity index (χ2v) is 4.89. The Morgan fingerprint density at radius 3 is 2.82 bits per heavy atom. The van der Waals surface area contributed by atoms with Crippen molar-refractivity contribution in [3.63, 3.8) is 0 Å². The van der Waals surface area contributed by atoms with Crippen LogP contribution in [-0.4, -0.2) is 56.1 Å². The summed E-state index contributed by atoms with van der Waals surface area (Å²) in [5, 5.41) is 29.6. The van der Waals surface area contributed by atoms with Gasteiger partial charge in [0.15, 0.2) is 6.23 Å². The van der Waals surface area contributed by atoms with E-state index < -0.39 is 42.1 Å². The largest absolute Gasteiger partial charge is 0.391 e. The van der Waals surface area contributed by atoms with E-state index in [1.54, 1.807) is 0 Å². The van der Waals surface area contributed by atoms with Crippen molar-refractivity contribution < 1.29 is 24.8 Å². The molecule has 0 saturated carbocycles. The Morgan fingerprint density at radius 2 is 2.23 bits per heavy atom. The van der Waals surface area contributed by atoms with Crippen LogP contribution in [0.5, 0.6) is 0 Å². The predicted molar refractivity (Wildman–Crippen MR) is 72.8 cm³/mol. The van der Waals surface area contributed by atoms with Crippen molar-refractivity contribution in [2.45, 2.75) is 31.1 Å². The molecule has 1 fully saturated rings. The molecule has 1 aliphatic rings. The van der Waals surface area contributed by atoms with Crippen molar-refractivity contribution in [3.8, 4) is 12.3 Å². The van der Waals surface area contributed by atoms with Gasteiger partial charge in [-0.2, -0.15) is 0 Å². The van der Waals surface area contributed by atoms with E-state index in [-0.39, 0.29) is 12.2 Å². The Balaban J connectivity index is 2.42. The van der Waals surface area contributed by atoms with E-state index in [9.17, 15) is 24.9 Å². The van der Waals surface area contributed by atoms with E-state index in [1.165, 1.54) is 13.1 Å². The van der Waals surface area contributed by atoms with Gasteiger partial charge >= 0.3 is 5.69 Å². The van der Waals surface area contributed by atoms with E-state index in [2.05, 4.69) is 10.9 Å². The molecular formula is C13H16N2O7. The van der Waals surface area contributed by atoms with Crippen molar-refractivity contribution in [3.05, 3.63) is 32.6 Å². The fourth-order valence-corrected chi connectivity index (χ4v) is 2.22. The predicted octanol–water partition coefficient (Wildman–Crippen LogP) is -2.57. The lowest BCUT2D eigenvalue weighted by Crippen LogP contribution is -2.48. The van der Waals surface area contributed by atoms with Gasteiger partial charge in [0, 0.05) is 11.8 Å². The summed E-state index contributed by atoms with van der Waals surface area (Å²) in [6.45, 7) is 0.387. The topological polar surface area (TPSA) is 134 Å².